The molecule has 2 rings (SSSR count). The van der Waals surface area contributed by atoms with Crippen LogP contribution in [0.3, 0.4) is 0 Å². The molecule has 1 fully saturated rings. The molecule has 0 spiro atoms. The van der Waals surface area contributed by atoms with Crippen molar-refractivity contribution in [3.05, 3.63) is 24.2 Å². The maximum absolute atomic E-state index is 5.60. The fraction of sp³-hybridized carbons (Fsp3) is 0.737. The highest BCUT2D eigenvalue weighted by Crippen LogP contribution is 2.16. The van der Waals surface area contributed by atoms with Gasteiger partial charge in [-0.05, 0) is 57.3 Å². The van der Waals surface area contributed by atoms with Crippen molar-refractivity contribution in [3.8, 4) is 0 Å². The summed E-state index contributed by atoms with van der Waals surface area (Å²) in [5.41, 5.74) is 0. The van der Waals surface area contributed by atoms with Gasteiger partial charge in [-0.15, -0.1) is 24.0 Å². The van der Waals surface area contributed by atoms with Crippen LogP contribution in [-0.4, -0.2) is 56.7 Å². The average Bonchev–Trinajstić information content (AvgIpc) is 3.28. The minimum absolute atomic E-state index is 0. The first-order valence-electron chi connectivity index (χ1n) is 9.66. The normalized spacial score (nSPS) is 17.9. The topological polar surface area (TPSA) is 62.0 Å². The van der Waals surface area contributed by atoms with E-state index in [-0.39, 0.29) is 24.0 Å². The first-order chi connectivity index (χ1) is 12.3. The molecule has 1 aliphatic rings. The molecular formula is C19H35IN4O2. The van der Waals surface area contributed by atoms with Crippen molar-refractivity contribution in [3.63, 3.8) is 0 Å². The molecule has 1 aromatic heterocycles. The summed E-state index contributed by atoms with van der Waals surface area (Å²) in [5.74, 6) is 2.48. The predicted octanol–water partition coefficient (Wildman–Crippen LogP) is 3.09. The van der Waals surface area contributed by atoms with E-state index in [0.29, 0.717) is 19.1 Å². The maximum atomic E-state index is 5.60. The minimum Gasteiger partial charge on any atom is -0.467 e. The number of ether oxygens (including phenoxy) is 1. The van der Waals surface area contributed by atoms with Crippen molar-refractivity contribution in [2.75, 3.05) is 45.9 Å². The Bertz CT molecular complexity index is 482. The van der Waals surface area contributed by atoms with E-state index in [1.54, 1.807) is 6.26 Å². The van der Waals surface area contributed by atoms with Crippen LogP contribution in [0.15, 0.2) is 27.8 Å². The van der Waals surface area contributed by atoms with Gasteiger partial charge >= 0.3 is 0 Å². The van der Waals surface area contributed by atoms with Crippen molar-refractivity contribution in [2.24, 2.45) is 10.9 Å². The number of rotatable bonds is 11. The van der Waals surface area contributed by atoms with E-state index >= 15 is 0 Å². The molecule has 150 valence electrons. The number of likely N-dealkylation sites (tertiary alicyclic amines) is 1. The molecule has 0 amide bonds. The van der Waals surface area contributed by atoms with Gasteiger partial charge in [0.2, 0.25) is 0 Å². The number of aliphatic imine (C=N–C) groups is 1. The Morgan fingerprint density at radius 1 is 1.38 bits per heavy atom. The zero-order valence-electron chi connectivity index (χ0n) is 16.2. The molecular weight excluding hydrogens is 443 g/mol. The summed E-state index contributed by atoms with van der Waals surface area (Å²) in [4.78, 5) is 7.31. The van der Waals surface area contributed by atoms with Crippen molar-refractivity contribution in [1.29, 1.82) is 0 Å². The molecule has 0 aliphatic carbocycles. The number of hydrogen-bond donors (Lipinski definition) is 2. The van der Waals surface area contributed by atoms with Gasteiger partial charge in [0.25, 0.3) is 0 Å². The highest BCUT2D eigenvalue weighted by atomic mass is 127. The molecule has 26 heavy (non-hydrogen) atoms. The molecule has 6 nitrogen and oxygen atoms in total. The van der Waals surface area contributed by atoms with E-state index < -0.39 is 0 Å². The van der Waals surface area contributed by atoms with E-state index in [4.69, 9.17) is 14.1 Å². The number of nitrogens with one attached hydrogen (secondary N) is 2. The number of furan rings is 1. The standard InChI is InChI=1S/C19H34N4O2.HI/c1-3-10-23-11-8-17(15-23)14-22-19(20-4-2)21-9-6-12-24-16-18-7-5-13-25-18;/h5,7,13,17H,3-4,6,8-12,14-16H2,1-2H3,(H2,20,21,22);1H. The molecule has 2 N–H and O–H groups in total. The Morgan fingerprint density at radius 2 is 2.27 bits per heavy atom. The summed E-state index contributed by atoms with van der Waals surface area (Å²) >= 11 is 0. The molecule has 0 radical (unpaired) electrons. The monoisotopic (exact) mass is 478 g/mol. The fourth-order valence-corrected chi connectivity index (χ4v) is 3.09. The summed E-state index contributed by atoms with van der Waals surface area (Å²) in [6, 6.07) is 3.81. The Kier molecular flexibility index (Phi) is 12.8. The third kappa shape index (κ3) is 9.23. The van der Waals surface area contributed by atoms with Crippen LogP contribution in [-0.2, 0) is 11.3 Å². The molecule has 7 heteroatoms. The van der Waals surface area contributed by atoms with Gasteiger partial charge in [0.1, 0.15) is 12.4 Å². The van der Waals surface area contributed by atoms with Gasteiger partial charge in [0.05, 0.1) is 6.26 Å². The van der Waals surface area contributed by atoms with E-state index in [9.17, 15) is 0 Å². The van der Waals surface area contributed by atoms with Gasteiger partial charge in [0.15, 0.2) is 5.96 Å². The molecule has 0 bridgehead atoms. The van der Waals surface area contributed by atoms with Gasteiger partial charge in [-0.3, -0.25) is 4.99 Å². The number of nitrogens with zero attached hydrogens (tertiary/aromatic N) is 2. The molecule has 0 aromatic carbocycles. The van der Waals surface area contributed by atoms with Crippen LogP contribution in [0.25, 0.3) is 0 Å². The Hall–Kier alpha value is -0.800. The lowest BCUT2D eigenvalue weighted by Crippen LogP contribution is -2.38. The maximum Gasteiger partial charge on any atom is 0.191 e. The van der Waals surface area contributed by atoms with E-state index in [2.05, 4.69) is 29.4 Å². The summed E-state index contributed by atoms with van der Waals surface area (Å²) in [7, 11) is 0. The molecule has 1 aromatic rings. The lowest BCUT2D eigenvalue weighted by Gasteiger charge is -2.15. The third-order valence-corrected chi connectivity index (χ3v) is 4.34. The smallest absolute Gasteiger partial charge is 0.191 e. The molecule has 1 atom stereocenters. The number of hydrogen-bond acceptors (Lipinski definition) is 4. The highest BCUT2D eigenvalue weighted by Gasteiger charge is 2.21. The minimum atomic E-state index is 0. The van der Waals surface area contributed by atoms with Crippen LogP contribution in [0.2, 0.25) is 0 Å². The lowest BCUT2D eigenvalue weighted by molar-refractivity contribution is 0.105. The van der Waals surface area contributed by atoms with Gasteiger partial charge in [-0.25, -0.2) is 0 Å². The van der Waals surface area contributed by atoms with Crippen molar-refractivity contribution >= 4 is 29.9 Å². The van der Waals surface area contributed by atoms with Crippen LogP contribution in [0.5, 0.6) is 0 Å². The second-order valence-electron chi connectivity index (χ2n) is 6.59. The second kappa shape index (κ2) is 14.3. The molecule has 1 unspecified atom stereocenters. The average molecular weight is 478 g/mol. The third-order valence-electron chi connectivity index (χ3n) is 4.34. The van der Waals surface area contributed by atoms with Crippen molar-refractivity contribution in [1.82, 2.24) is 15.5 Å². The molecule has 0 saturated carbocycles. The summed E-state index contributed by atoms with van der Waals surface area (Å²) in [5, 5.41) is 6.72. The Morgan fingerprint density at radius 3 is 3.00 bits per heavy atom. The zero-order valence-corrected chi connectivity index (χ0v) is 18.5. The Labute approximate surface area is 175 Å². The van der Waals surface area contributed by atoms with Crippen LogP contribution in [0.1, 0.15) is 38.9 Å². The SMILES string of the molecule is CCCN1CCC(CN=C(NCC)NCCCOCc2ccco2)C1.I. The number of guanidine groups is 1. The van der Waals surface area contributed by atoms with Crippen LogP contribution < -0.4 is 10.6 Å². The Balaban J connectivity index is 0.00000338. The van der Waals surface area contributed by atoms with E-state index in [0.717, 1.165) is 37.8 Å². The summed E-state index contributed by atoms with van der Waals surface area (Å²) < 4.78 is 10.8. The number of halogens is 1. The fourth-order valence-electron chi connectivity index (χ4n) is 3.09. The van der Waals surface area contributed by atoms with Crippen molar-refractivity contribution < 1.29 is 9.15 Å². The van der Waals surface area contributed by atoms with Crippen LogP contribution in [0.4, 0.5) is 0 Å². The van der Waals surface area contributed by atoms with Crippen LogP contribution in [0, 0.1) is 5.92 Å². The predicted molar refractivity (Wildman–Crippen MR) is 117 cm³/mol. The highest BCUT2D eigenvalue weighted by molar-refractivity contribution is 14.0. The van der Waals surface area contributed by atoms with Gasteiger partial charge in [-0.1, -0.05) is 6.92 Å². The van der Waals surface area contributed by atoms with E-state index in [1.165, 1.54) is 32.5 Å². The van der Waals surface area contributed by atoms with Gasteiger partial charge < -0.3 is 24.7 Å². The quantitative estimate of drug-likeness (QED) is 0.222. The van der Waals surface area contributed by atoms with Crippen LogP contribution >= 0.6 is 24.0 Å². The zero-order chi connectivity index (χ0) is 17.7. The van der Waals surface area contributed by atoms with Crippen molar-refractivity contribution in [2.45, 2.75) is 39.7 Å². The molecule has 1 aliphatic heterocycles. The first-order valence-corrected chi connectivity index (χ1v) is 9.66. The molecule has 1 saturated heterocycles. The summed E-state index contributed by atoms with van der Waals surface area (Å²) in [6.45, 7) is 11.9. The van der Waals surface area contributed by atoms with E-state index in [1.807, 2.05) is 12.1 Å². The van der Waals surface area contributed by atoms with Gasteiger partial charge in [-0.2, -0.15) is 0 Å². The molecule has 2 heterocycles. The first kappa shape index (κ1) is 23.2. The lowest BCUT2D eigenvalue weighted by atomic mass is 10.1. The second-order valence-corrected chi connectivity index (χ2v) is 6.59. The largest absolute Gasteiger partial charge is 0.467 e. The van der Waals surface area contributed by atoms with Gasteiger partial charge in [0, 0.05) is 32.8 Å². The summed E-state index contributed by atoms with van der Waals surface area (Å²) in [6.07, 6.45) is 5.12.